The van der Waals surface area contributed by atoms with Crippen LogP contribution in [-0.4, -0.2) is 44.5 Å². The molecule has 1 aliphatic rings. The van der Waals surface area contributed by atoms with E-state index in [4.69, 9.17) is 4.74 Å². The Morgan fingerprint density at radius 1 is 1.11 bits per heavy atom. The molecule has 1 saturated heterocycles. The van der Waals surface area contributed by atoms with E-state index in [2.05, 4.69) is 9.88 Å². The summed E-state index contributed by atoms with van der Waals surface area (Å²) in [5.41, 5.74) is 0.633. The third-order valence-corrected chi connectivity index (χ3v) is 6.69. The summed E-state index contributed by atoms with van der Waals surface area (Å²) in [6.07, 6.45) is 3.90. The first kappa shape index (κ1) is 20.6. The van der Waals surface area contributed by atoms with Gasteiger partial charge in [0.05, 0.1) is 15.3 Å². The number of rotatable bonds is 6. The number of likely N-dealkylation sites (tertiary alicyclic amines) is 1. The molecule has 8 heteroatoms. The van der Waals surface area contributed by atoms with Crippen LogP contribution in [0.25, 0.3) is 10.9 Å². The van der Waals surface area contributed by atoms with Gasteiger partial charge in [-0.05, 0) is 50.2 Å². The van der Waals surface area contributed by atoms with Gasteiger partial charge < -0.3 is 9.72 Å². The normalized spacial score (nSPS) is 14.9. The number of aromatic amines is 1. The molecule has 1 aliphatic heterocycles. The van der Waals surface area contributed by atoms with Crippen molar-refractivity contribution in [3.05, 3.63) is 54.5 Å². The molecule has 0 amide bonds. The molecule has 0 bridgehead atoms. The third kappa shape index (κ3) is 4.01. The predicted octanol–water partition coefficient (Wildman–Crippen LogP) is 4.04. The number of halogens is 2. The molecule has 4 rings (SSSR count). The lowest BCUT2D eigenvalue weighted by Gasteiger charge is -2.15. The van der Waals surface area contributed by atoms with Crippen molar-refractivity contribution in [3.8, 4) is 5.75 Å². The number of H-pyrrole nitrogens is 1. The smallest absolute Gasteiger partial charge is 0.208 e. The van der Waals surface area contributed by atoms with Crippen molar-refractivity contribution in [3.63, 3.8) is 0 Å². The predicted molar refractivity (Wildman–Crippen MR) is 109 cm³/mol. The van der Waals surface area contributed by atoms with Crippen LogP contribution in [0.5, 0.6) is 5.75 Å². The van der Waals surface area contributed by atoms with Crippen LogP contribution in [0.4, 0.5) is 4.39 Å². The number of nitrogens with one attached hydrogen (secondary N) is 1. The second-order valence-corrected chi connectivity index (χ2v) is 8.61. The lowest BCUT2D eigenvalue weighted by Crippen LogP contribution is -2.25. The van der Waals surface area contributed by atoms with E-state index >= 15 is 0 Å². The number of fused-ring (bicyclic) bond motifs is 1. The topological polar surface area (TPSA) is 62.4 Å². The maximum atomic E-state index is 13.5. The molecule has 1 fully saturated rings. The van der Waals surface area contributed by atoms with Gasteiger partial charge in [-0.25, -0.2) is 12.8 Å². The number of nitrogens with zero attached hydrogens (tertiary/aromatic N) is 1. The number of sulfone groups is 1. The highest BCUT2D eigenvalue weighted by Gasteiger charge is 2.23. The van der Waals surface area contributed by atoms with Crippen LogP contribution in [0.3, 0.4) is 0 Å². The molecule has 0 spiro atoms. The van der Waals surface area contributed by atoms with Gasteiger partial charge in [-0.15, -0.1) is 12.4 Å². The van der Waals surface area contributed by atoms with Crippen molar-refractivity contribution in [1.82, 2.24) is 9.88 Å². The SMILES string of the molecule is Cl.O=S(=O)(c1cccc(F)c1)c1c[nH]c2c(OCCN3CCCC3)cccc12. The fourth-order valence-electron chi connectivity index (χ4n) is 3.50. The van der Waals surface area contributed by atoms with Gasteiger partial charge in [-0.2, -0.15) is 0 Å². The first-order valence-corrected chi connectivity index (χ1v) is 10.5. The van der Waals surface area contributed by atoms with E-state index < -0.39 is 15.7 Å². The molecule has 0 radical (unpaired) electrons. The number of hydrogen-bond acceptors (Lipinski definition) is 4. The molecule has 2 heterocycles. The van der Waals surface area contributed by atoms with Crippen LogP contribution in [0.1, 0.15) is 12.8 Å². The summed E-state index contributed by atoms with van der Waals surface area (Å²) < 4.78 is 45.2. The molecule has 0 aliphatic carbocycles. The number of hydrogen-bond donors (Lipinski definition) is 1. The minimum atomic E-state index is -3.83. The number of ether oxygens (including phenoxy) is 1. The fourth-order valence-corrected chi connectivity index (χ4v) is 4.95. The Hall–Kier alpha value is -2.09. The summed E-state index contributed by atoms with van der Waals surface area (Å²) in [6.45, 7) is 3.60. The molecule has 0 unspecified atom stereocenters. The first-order chi connectivity index (χ1) is 13.1. The zero-order valence-electron chi connectivity index (χ0n) is 15.2. The van der Waals surface area contributed by atoms with E-state index in [-0.39, 0.29) is 22.2 Å². The quantitative estimate of drug-likeness (QED) is 0.648. The van der Waals surface area contributed by atoms with E-state index in [9.17, 15) is 12.8 Å². The van der Waals surface area contributed by atoms with E-state index in [1.165, 1.54) is 37.2 Å². The van der Waals surface area contributed by atoms with Crippen LogP contribution < -0.4 is 4.74 Å². The number of benzene rings is 2. The Morgan fingerprint density at radius 2 is 1.86 bits per heavy atom. The van der Waals surface area contributed by atoms with Crippen molar-refractivity contribution >= 4 is 33.1 Å². The summed E-state index contributed by atoms with van der Waals surface area (Å²) in [6, 6.07) is 10.4. The summed E-state index contributed by atoms with van der Waals surface area (Å²) in [5, 5.41) is 0.540. The molecule has 28 heavy (non-hydrogen) atoms. The van der Waals surface area contributed by atoms with Gasteiger partial charge in [0.1, 0.15) is 18.2 Å². The van der Waals surface area contributed by atoms with Crippen LogP contribution >= 0.6 is 12.4 Å². The highest BCUT2D eigenvalue weighted by atomic mass is 35.5. The molecular formula is C20H22ClFN2O3S. The Bertz CT molecular complexity index is 1060. The van der Waals surface area contributed by atoms with Crippen molar-refractivity contribution in [2.75, 3.05) is 26.2 Å². The zero-order chi connectivity index (χ0) is 18.9. The van der Waals surface area contributed by atoms with Crippen LogP contribution in [0, 0.1) is 5.82 Å². The highest BCUT2D eigenvalue weighted by molar-refractivity contribution is 7.91. The lowest BCUT2D eigenvalue weighted by atomic mass is 10.2. The van der Waals surface area contributed by atoms with E-state index in [1.54, 1.807) is 12.1 Å². The molecule has 0 saturated carbocycles. The maximum absolute atomic E-state index is 13.5. The largest absolute Gasteiger partial charge is 0.490 e. The molecule has 5 nitrogen and oxygen atoms in total. The third-order valence-electron chi connectivity index (χ3n) is 4.90. The van der Waals surface area contributed by atoms with Gasteiger partial charge in [-0.3, -0.25) is 4.90 Å². The van der Waals surface area contributed by atoms with Gasteiger partial charge in [0.2, 0.25) is 9.84 Å². The van der Waals surface area contributed by atoms with Crippen molar-refractivity contribution < 1.29 is 17.5 Å². The summed E-state index contributed by atoms with van der Waals surface area (Å²) in [7, 11) is -3.83. The van der Waals surface area contributed by atoms with Gasteiger partial charge in [0, 0.05) is 18.1 Å². The Labute approximate surface area is 169 Å². The Balaban J connectivity index is 0.00000225. The average Bonchev–Trinajstić information content (AvgIpc) is 3.32. The standard InChI is InChI=1S/C20H21FN2O3S.ClH/c21-15-5-3-6-16(13-15)27(24,25)19-14-22-20-17(19)7-4-8-18(20)26-12-11-23-9-1-2-10-23;/h3-8,13-14,22H,1-2,9-12H2;1H. The minimum absolute atomic E-state index is 0. The van der Waals surface area contributed by atoms with Crippen LogP contribution in [0.15, 0.2) is 58.5 Å². The fraction of sp³-hybridized carbons (Fsp3) is 0.300. The van der Waals surface area contributed by atoms with Gasteiger partial charge >= 0.3 is 0 Å². The molecule has 2 aromatic carbocycles. The summed E-state index contributed by atoms with van der Waals surface area (Å²) in [5.74, 6) is 0.0363. The average molecular weight is 425 g/mol. The molecular weight excluding hydrogens is 403 g/mol. The summed E-state index contributed by atoms with van der Waals surface area (Å²) in [4.78, 5) is 5.42. The highest BCUT2D eigenvalue weighted by Crippen LogP contribution is 2.33. The minimum Gasteiger partial charge on any atom is -0.490 e. The molecule has 1 aromatic heterocycles. The lowest BCUT2D eigenvalue weighted by molar-refractivity contribution is 0.239. The van der Waals surface area contributed by atoms with Crippen molar-refractivity contribution in [2.45, 2.75) is 22.6 Å². The monoisotopic (exact) mass is 424 g/mol. The van der Waals surface area contributed by atoms with Gasteiger partial charge in [-0.1, -0.05) is 18.2 Å². The maximum Gasteiger partial charge on any atom is 0.208 e. The van der Waals surface area contributed by atoms with Crippen LogP contribution in [-0.2, 0) is 9.84 Å². The number of para-hydroxylation sites is 1. The second-order valence-electron chi connectivity index (χ2n) is 6.69. The van der Waals surface area contributed by atoms with E-state index in [0.29, 0.717) is 23.3 Å². The Morgan fingerprint density at radius 3 is 2.61 bits per heavy atom. The van der Waals surface area contributed by atoms with E-state index in [1.807, 2.05) is 6.07 Å². The molecule has 150 valence electrons. The molecule has 0 atom stereocenters. The second kappa shape index (κ2) is 8.51. The molecule has 1 N–H and O–H groups in total. The van der Waals surface area contributed by atoms with Gasteiger partial charge in [0.25, 0.3) is 0 Å². The van der Waals surface area contributed by atoms with E-state index in [0.717, 1.165) is 25.7 Å². The van der Waals surface area contributed by atoms with Crippen molar-refractivity contribution in [1.29, 1.82) is 0 Å². The molecule has 3 aromatic rings. The zero-order valence-corrected chi connectivity index (χ0v) is 16.9. The van der Waals surface area contributed by atoms with Gasteiger partial charge in [0.15, 0.2) is 0 Å². The Kier molecular flexibility index (Phi) is 6.27. The summed E-state index contributed by atoms with van der Waals surface area (Å²) >= 11 is 0. The van der Waals surface area contributed by atoms with Crippen LogP contribution in [0.2, 0.25) is 0 Å². The number of aromatic nitrogens is 1. The van der Waals surface area contributed by atoms with Crippen molar-refractivity contribution in [2.24, 2.45) is 0 Å². The first-order valence-electron chi connectivity index (χ1n) is 9.01.